The Bertz CT molecular complexity index is 1240. The molecule has 3 aromatic heterocycles. The number of hydrogen-bond donors (Lipinski definition) is 2. The number of aromatic nitrogens is 4. The van der Waals surface area contributed by atoms with E-state index in [1.165, 1.54) is 7.05 Å². The van der Waals surface area contributed by atoms with E-state index in [0.29, 0.717) is 30.1 Å². The van der Waals surface area contributed by atoms with E-state index in [-0.39, 0.29) is 13.0 Å². The summed E-state index contributed by atoms with van der Waals surface area (Å²) in [4.78, 5) is 31.9. The van der Waals surface area contributed by atoms with Crippen molar-refractivity contribution in [3.63, 3.8) is 0 Å². The lowest BCUT2D eigenvalue weighted by Gasteiger charge is -2.39. The van der Waals surface area contributed by atoms with Crippen molar-refractivity contribution in [2.75, 3.05) is 30.4 Å². The Morgan fingerprint density at radius 1 is 1.30 bits per heavy atom. The summed E-state index contributed by atoms with van der Waals surface area (Å²) in [5.74, 6) is 0. The first-order valence-electron chi connectivity index (χ1n) is 10.0. The zero-order valence-electron chi connectivity index (χ0n) is 17.7. The normalized spacial score (nSPS) is 19.0. The Balaban J connectivity index is 1.45. The number of alkyl halides is 4. The minimum atomic E-state index is -4.69. The van der Waals surface area contributed by atoms with E-state index in [1.54, 1.807) is 17.3 Å². The first-order chi connectivity index (χ1) is 15.5. The van der Waals surface area contributed by atoms with Gasteiger partial charge in [-0.2, -0.15) is 18.3 Å². The topological polar surface area (TPSA) is 99.1 Å². The number of urea groups is 1. The second-order valence-corrected chi connectivity index (χ2v) is 7.92. The molecule has 0 radical (unpaired) electrons. The Kier molecular flexibility index (Phi) is 5.72. The first kappa shape index (κ1) is 22.6. The molecular formula is C20H21F4N7O2. The Morgan fingerprint density at radius 2 is 2.06 bits per heavy atom. The van der Waals surface area contributed by atoms with Gasteiger partial charge in [-0.1, -0.05) is 0 Å². The maximum atomic E-state index is 15.0. The average molecular weight is 467 g/mol. The van der Waals surface area contributed by atoms with E-state index < -0.39 is 41.2 Å². The van der Waals surface area contributed by atoms with Crippen molar-refractivity contribution < 1.29 is 22.4 Å². The van der Waals surface area contributed by atoms with Crippen molar-refractivity contribution in [2.24, 2.45) is 7.05 Å². The van der Waals surface area contributed by atoms with Crippen molar-refractivity contribution in [3.8, 4) is 0 Å². The predicted molar refractivity (Wildman–Crippen MR) is 113 cm³/mol. The monoisotopic (exact) mass is 467 g/mol. The highest BCUT2D eigenvalue weighted by Gasteiger charge is 2.35. The molecule has 1 aliphatic heterocycles. The first-order valence-corrected chi connectivity index (χ1v) is 10.0. The van der Waals surface area contributed by atoms with E-state index in [9.17, 15) is 22.8 Å². The van der Waals surface area contributed by atoms with Gasteiger partial charge in [0.05, 0.1) is 36.2 Å². The van der Waals surface area contributed by atoms with Crippen molar-refractivity contribution in [2.45, 2.75) is 24.8 Å². The molecule has 1 fully saturated rings. The van der Waals surface area contributed by atoms with E-state index in [2.05, 4.69) is 20.5 Å². The molecule has 9 nitrogen and oxygen atoms in total. The molecule has 0 saturated carbocycles. The van der Waals surface area contributed by atoms with Crippen LogP contribution >= 0.6 is 0 Å². The Morgan fingerprint density at radius 3 is 2.76 bits per heavy atom. The molecule has 3 aromatic rings. The molecule has 4 heterocycles. The highest BCUT2D eigenvalue weighted by molar-refractivity contribution is 5.89. The molecule has 33 heavy (non-hydrogen) atoms. The number of rotatable bonds is 3. The molecule has 0 spiro atoms. The third kappa shape index (κ3) is 4.47. The fourth-order valence-electron chi connectivity index (χ4n) is 3.87. The van der Waals surface area contributed by atoms with Crippen LogP contribution in [0, 0.1) is 0 Å². The highest BCUT2D eigenvalue weighted by atomic mass is 19.4. The molecule has 2 N–H and O–H groups in total. The molecule has 4 rings (SSSR count). The smallest absolute Gasteiger partial charge is 0.367 e. The molecule has 13 heteroatoms. The van der Waals surface area contributed by atoms with Gasteiger partial charge >= 0.3 is 12.2 Å². The zero-order chi connectivity index (χ0) is 23.9. The number of nitrogens with one attached hydrogen (secondary N) is 2. The Hall–Kier alpha value is -3.64. The lowest BCUT2D eigenvalue weighted by molar-refractivity contribution is -0.138. The minimum absolute atomic E-state index is 0.00134. The molecule has 0 aliphatic carbocycles. The molecule has 0 aromatic carbocycles. The van der Waals surface area contributed by atoms with Crippen LogP contribution in [-0.2, 0) is 13.2 Å². The van der Waals surface area contributed by atoms with Crippen molar-refractivity contribution in [1.29, 1.82) is 0 Å². The lowest BCUT2D eigenvalue weighted by atomic mass is 10.0. The zero-order valence-corrected chi connectivity index (χ0v) is 17.7. The van der Waals surface area contributed by atoms with Gasteiger partial charge in [0, 0.05) is 32.2 Å². The van der Waals surface area contributed by atoms with Gasteiger partial charge in [-0.25, -0.2) is 14.2 Å². The molecule has 1 aliphatic rings. The van der Waals surface area contributed by atoms with Gasteiger partial charge in [0.1, 0.15) is 11.9 Å². The van der Waals surface area contributed by atoms with Gasteiger partial charge in [-0.15, -0.1) is 0 Å². The van der Waals surface area contributed by atoms with Crippen molar-refractivity contribution >= 4 is 28.4 Å². The van der Waals surface area contributed by atoms with Crippen LogP contribution in [0.2, 0.25) is 0 Å². The van der Waals surface area contributed by atoms with Crippen LogP contribution in [0.3, 0.4) is 0 Å². The summed E-state index contributed by atoms with van der Waals surface area (Å²) in [6.07, 6.45) is -1.99. The third-order valence-electron chi connectivity index (χ3n) is 5.72. The molecule has 2 atom stereocenters. The third-order valence-corrected chi connectivity index (χ3v) is 5.72. The van der Waals surface area contributed by atoms with Crippen LogP contribution in [0.25, 0.3) is 11.0 Å². The number of carbonyl (C=O) groups excluding carboxylic acids is 1. The second kappa shape index (κ2) is 8.37. The molecule has 176 valence electrons. The largest absolute Gasteiger partial charge is 0.417 e. The van der Waals surface area contributed by atoms with Crippen molar-refractivity contribution in [3.05, 3.63) is 46.6 Å². The van der Waals surface area contributed by atoms with E-state index in [4.69, 9.17) is 0 Å². The number of H-pyrrole nitrogens is 1. The SMILES string of the molecule is CN(C(=O)Nc1cc(C(F)(F)F)cn(C)c1=O)[C@@H]1CCN(c2cnc3[nH]ncc3c2)CC1F. The van der Waals surface area contributed by atoms with Crippen LogP contribution in [0.5, 0.6) is 0 Å². The lowest BCUT2D eigenvalue weighted by Crippen LogP contribution is -2.54. The van der Waals surface area contributed by atoms with Gasteiger partial charge in [-0.05, 0) is 18.6 Å². The van der Waals surface area contributed by atoms with Gasteiger partial charge in [0.15, 0.2) is 5.65 Å². The van der Waals surface area contributed by atoms with Gasteiger partial charge in [0.25, 0.3) is 5.56 Å². The molecule has 2 amide bonds. The minimum Gasteiger partial charge on any atom is -0.367 e. The number of carbonyl (C=O) groups is 1. The number of aromatic amines is 1. The van der Waals surface area contributed by atoms with Crippen LogP contribution in [-0.4, -0.2) is 63.0 Å². The van der Waals surface area contributed by atoms with Gasteiger partial charge < -0.3 is 19.7 Å². The number of piperidine rings is 1. The fraction of sp³-hybridized carbons (Fsp3) is 0.400. The van der Waals surface area contributed by atoms with Crippen molar-refractivity contribution in [1.82, 2.24) is 24.6 Å². The van der Waals surface area contributed by atoms with E-state index >= 15 is 4.39 Å². The molecular weight excluding hydrogens is 446 g/mol. The predicted octanol–water partition coefficient (Wildman–Crippen LogP) is 2.76. The summed E-state index contributed by atoms with van der Waals surface area (Å²) in [5.41, 5.74) is -1.09. The van der Waals surface area contributed by atoms with Gasteiger partial charge in [0.2, 0.25) is 0 Å². The van der Waals surface area contributed by atoms with Gasteiger partial charge in [-0.3, -0.25) is 9.89 Å². The average Bonchev–Trinajstić information content (AvgIpc) is 3.23. The van der Waals surface area contributed by atoms with Crippen LogP contribution in [0.1, 0.15) is 12.0 Å². The molecule has 1 saturated heterocycles. The number of nitrogens with zero attached hydrogens (tertiary/aromatic N) is 5. The Labute approximate surface area is 185 Å². The number of pyridine rings is 2. The number of aryl methyl sites for hydroxylation is 1. The summed E-state index contributed by atoms with van der Waals surface area (Å²) >= 11 is 0. The number of amides is 2. The number of halogens is 4. The summed E-state index contributed by atoms with van der Waals surface area (Å²) < 4.78 is 54.9. The number of fused-ring (bicyclic) bond motifs is 1. The quantitative estimate of drug-likeness (QED) is 0.578. The maximum absolute atomic E-state index is 15.0. The summed E-state index contributed by atoms with van der Waals surface area (Å²) in [7, 11) is 2.50. The highest BCUT2D eigenvalue weighted by Crippen LogP contribution is 2.30. The van der Waals surface area contributed by atoms with Crippen LogP contribution in [0.4, 0.5) is 33.7 Å². The number of hydrogen-bond acceptors (Lipinski definition) is 5. The fourth-order valence-corrected chi connectivity index (χ4v) is 3.87. The second-order valence-electron chi connectivity index (χ2n) is 7.92. The van der Waals surface area contributed by atoms with Crippen LogP contribution < -0.4 is 15.8 Å². The van der Waals surface area contributed by atoms with E-state index in [0.717, 1.165) is 21.9 Å². The summed E-state index contributed by atoms with van der Waals surface area (Å²) in [5, 5.41) is 9.62. The van der Waals surface area contributed by atoms with E-state index in [1.807, 2.05) is 6.07 Å². The molecule has 0 bridgehead atoms. The number of anilines is 2. The molecule has 1 unspecified atom stereocenters. The summed E-state index contributed by atoms with van der Waals surface area (Å²) in [6.45, 7) is 0.428. The summed E-state index contributed by atoms with van der Waals surface area (Å²) in [6, 6.07) is 0.719. The standard InChI is InChI=1S/C20H21F4N7O2/c1-29-9-12(20(22,23)24)6-15(18(29)32)27-19(33)30(2)16-3-4-31(10-14(16)21)13-5-11-7-26-28-17(11)25-8-13/h5-9,14,16H,3-4,10H2,1-2H3,(H,27,33)(H,25,26,28)/t14?,16-/m1/s1. The maximum Gasteiger partial charge on any atom is 0.417 e. The van der Waals surface area contributed by atoms with Crippen LogP contribution in [0.15, 0.2) is 35.5 Å².